The lowest BCUT2D eigenvalue weighted by Gasteiger charge is -2.30. The fraction of sp³-hybridized carbons (Fsp3) is 0.462. The van der Waals surface area contributed by atoms with Crippen LogP contribution in [0, 0.1) is 12.8 Å². The van der Waals surface area contributed by atoms with Crippen LogP contribution in [0.15, 0.2) is 36.8 Å². The molecule has 3 N–H and O–H groups in total. The second kappa shape index (κ2) is 10.5. The van der Waals surface area contributed by atoms with Crippen molar-refractivity contribution in [2.45, 2.75) is 44.8 Å². The van der Waals surface area contributed by atoms with E-state index in [1.807, 2.05) is 31.2 Å². The van der Waals surface area contributed by atoms with Crippen molar-refractivity contribution in [3.05, 3.63) is 53.5 Å². The first-order valence-electron chi connectivity index (χ1n) is 12.3. The molecule has 5 rings (SSSR count). The maximum absolute atomic E-state index is 13.3. The molecule has 0 spiro atoms. The SMILES string of the molecule is Cc1ccccc1C(=O)c1c[nH]c2ncnc(N[C@@H]3CC[C@@H](C(=O)NCC4CCOCC4)OC3)c12. The van der Waals surface area contributed by atoms with Crippen molar-refractivity contribution >= 4 is 28.5 Å². The number of carbonyl (C=O) groups is 2. The second-order valence-electron chi connectivity index (χ2n) is 9.33. The monoisotopic (exact) mass is 477 g/mol. The lowest BCUT2D eigenvalue weighted by Crippen LogP contribution is -2.45. The van der Waals surface area contributed by atoms with E-state index in [2.05, 4.69) is 25.6 Å². The molecule has 35 heavy (non-hydrogen) atoms. The first-order valence-corrected chi connectivity index (χ1v) is 12.3. The van der Waals surface area contributed by atoms with Gasteiger partial charge in [0.15, 0.2) is 5.78 Å². The standard InChI is InChI=1S/C26H31N5O4/c1-16-4-2-3-5-19(16)23(32)20-13-27-24-22(20)25(30-15-29-24)31-18-6-7-21(35-14-18)26(33)28-12-17-8-10-34-11-9-17/h2-5,13,15,17-18,21H,6-12,14H2,1H3,(H,28,33)(H2,27,29,30,31)/t18-,21+/m1/s1. The van der Waals surface area contributed by atoms with E-state index in [1.165, 1.54) is 6.33 Å². The van der Waals surface area contributed by atoms with Crippen LogP contribution in [-0.4, -0.2) is 65.2 Å². The highest BCUT2D eigenvalue weighted by Gasteiger charge is 2.29. The fourth-order valence-corrected chi connectivity index (χ4v) is 4.80. The van der Waals surface area contributed by atoms with Crippen molar-refractivity contribution in [3.63, 3.8) is 0 Å². The minimum absolute atomic E-state index is 0.0241. The number of ketones is 1. The van der Waals surface area contributed by atoms with Crippen molar-refractivity contribution in [1.29, 1.82) is 0 Å². The van der Waals surface area contributed by atoms with Crippen molar-refractivity contribution in [1.82, 2.24) is 20.3 Å². The smallest absolute Gasteiger partial charge is 0.249 e. The van der Waals surface area contributed by atoms with Gasteiger partial charge in [-0.05, 0) is 44.1 Å². The molecule has 3 aromatic rings. The zero-order valence-corrected chi connectivity index (χ0v) is 19.9. The minimum atomic E-state index is -0.441. The number of hydrogen-bond donors (Lipinski definition) is 3. The maximum atomic E-state index is 13.3. The Kier molecular flexibility index (Phi) is 7.06. The number of aryl methyl sites for hydroxylation is 1. The van der Waals surface area contributed by atoms with E-state index in [0.29, 0.717) is 53.5 Å². The van der Waals surface area contributed by atoms with Crippen LogP contribution in [0.5, 0.6) is 0 Å². The number of benzene rings is 1. The van der Waals surface area contributed by atoms with Crippen LogP contribution in [0.1, 0.15) is 47.2 Å². The number of carbonyl (C=O) groups excluding carboxylic acids is 2. The predicted molar refractivity (Wildman–Crippen MR) is 131 cm³/mol. The van der Waals surface area contributed by atoms with E-state index in [1.54, 1.807) is 6.20 Å². The van der Waals surface area contributed by atoms with E-state index in [9.17, 15) is 9.59 Å². The number of nitrogens with zero attached hydrogens (tertiary/aromatic N) is 2. The number of anilines is 1. The third-order valence-electron chi connectivity index (χ3n) is 6.92. The summed E-state index contributed by atoms with van der Waals surface area (Å²) in [7, 11) is 0. The molecule has 0 radical (unpaired) electrons. The Balaban J connectivity index is 1.23. The van der Waals surface area contributed by atoms with Crippen molar-refractivity contribution < 1.29 is 19.1 Å². The Hall–Kier alpha value is -3.30. The number of nitrogens with one attached hydrogen (secondary N) is 3. The fourth-order valence-electron chi connectivity index (χ4n) is 4.80. The Labute approximate surface area is 204 Å². The molecule has 0 saturated carbocycles. The molecule has 4 heterocycles. The summed E-state index contributed by atoms with van der Waals surface area (Å²) < 4.78 is 11.3. The van der Waals surface area contributed by atoms with Crippen LogP contribution in [0.2, 0.25) is 0 Å². The molecule has 2 aromatic heterocycles. The third kappa shape index (κ3) is 5.21. The maximum Gasteiger partial charge on any atom is 0.249 e. The number of aromatic nitrogens is 3. The highest BCUT2D eigenvalue weighted by atomic mass is 16.5. The highest BCUT2D eigenvalue weighted by Crippen LogP contribution is 2.28. The van der Waals surface area contributed by atoms with E-state index in [0.717, 1.165) is 38.0 Å². The largest absolute Gasteiger partial charge is 0.381 e. The summed E-state index contributed by atoms with van der Waals surface area (Å²) in [6.45, 7) is 4.51. The molecule has 9 nitrogen and oxygen atoms in total. The Morgan fingerprint density at radius 3 is 2.69 bits per heavy atom. The average Bonchev–Trinajstić information content (AvgIpc) is 3.33. The van der Waals surface area contributed by atoms with Crippen LogP contribution >= 0.6 is 0 Å². The molecule has 2 fully saturated rings. The van der Waals surface area contributed by atoms with Gasteiger partial charge in [-0.1, -0.05) is 24.3 Å². The number of fused-ring (bicyclic) bond motifs is 1. The summed E-state index contributed by atoms with van der Waals surface area (Å²) in [6, 6.07) is 7.51. The van der Waals surface area contributed by atoms with Gasteiger partial charge >= 0.3 is 0 Å². The van der Waals surface area contributed by atoms with Crippen LogP contribution in [-0.2, 0) is 14.3 Å². The van der Waals surface area contributed by atoms with Gasteiger partial charge < -0.3 is 25.1 Å². The third-order valence-corrected chi connectivity index (χ3v) is 6.92. The van der Waals surface area contributed by atoms with Crippen molar-refractivity contribution in [2.75, 3.05) is 31.7 Å². The highest BCUT2D eigenvalue weighted by molar-refractivity contribution is 6.18. The molecule has 1 amide bonds. The molecule has 0 unspecified atom stereocenters. The molecule has 9 heteroatoms. The van der Waals surface area contributed by atoms with Gasteiger partial charge in [0, 0.05) is 31.5 Å². The Morgan fingerprint density at radius 1 is 1.09 bits per heavy atom. The molecule has 1 aromatic carbocycles. The number of aromatic amines is 1. The minimum Gasteiger partial charge on any atom is -0.381 e. The molecule has 2 aliphatic rings. The Morgan fingerprint density at radius 2 is 1.91 bits per heavy atom. The van der Waals surface area contributed by atoms with E-state index in [-0.39, 0.29) is 17.7 Å². The van der Waals surface area contributed by atoms with Gasteiger partial charge in [-0.3, -0.25) is 9.59 Å². The van der Waals surface area contributed by atoms with Gasteiger partial charge in [-0.2, -0.15) is 0 Å². The molecule has 2 saturated heterocycles. The predicted octanol–water partition coefficient (Wildman–Crippen LogP) is 3.00. The summed E-state index contributed by atoms with van der Waals surface area (Å²) >= 11 is 0. The van der Waals surface area contributed by atoms with Crippen LogP contribution in [0.4, 0.5) is 5.82 Å². The van der Waals surface area contributed by atoms with Crippen molar-refractivity contribution in [2.24, 2.45) is 5.92 Å². The van der Waals surface area contributed by atoms with Crippen molar-refractivity contribution in [3.8, 4) is 0 Å². The van der Waals surface area contributed by atoms with Gasteiger partial charge in [0.1, 0.15) is 23.9 Å². The number of rotatable bonds is 7. The number of H-pyrrole nitrogens is 1. The normalized spacial score (nSPS) is 21.1. The van der Waals surface area contributed by atoms with Gasteiger partial charge in [-0.15, -0.1) is 0 Å². The summed E-state index contributed by atoms with van der Waals surface area (Å²) in [5, 5.41) is 7.13. The van der Waals surface area contributed by atoms with Crippen LogP contribution in [0.3, 0.4) is 0 Å². The van der Waals surface area contributed by atoms with Gasteiger partial charge in [0.05, 0.1) is 23.6 Å². The molecule has 2 aliphatic heterocycles. The van der Waals surface area contributed by atoms with E-state index in [4.69, 9.17) is 9.47 Å². The molecular weight excluding hydrogens is 446 g/mol. The van der Waals surface area contributed by atoms with Gasteiger partial charge in [0.2, 0.25) is 5.91 Å². The van der Waals surface area contributed by atoms with E-state index >= 15 is 0 Å². The molecular formula is C26H31N5O4. The Bertz CT molecular complexity index is 1200. The number of hydrogen-bond acceptors (Lipinski definition) is 7. The summed E-state index contributed by atoms with van der Waals surface area (Å²) in [6.07, 6.45) is 6.07. The lowest BCUT2D eigenvalue weighted by atomic mass is 9.99. The average molecular weight is 478 g/mol. The van der Waals surface area contributed by atoms with Crippen LogP contribution in [0.25, 0.3) is 11.0 Å². The molecule has 184 valence electrons. The van der Waals surface area contributed by atoms with Gasteiger partial charge in [0.25, 0.3) is 0 Å². The molecule has 2 atom stereocenters. The second-order valence-corrected chi connectivity index (χ2v) is 9.33. The van der Waals surface area contributed by atoms with E-state index < -0.39 is 6.10 Å². The zero-order valence-electron chi connectivity index (χ0n) is 19.9. The topological polar surface area (TPSA) is 118 Å². The summed E-state index contributed by atoms with van der Waals surface area (Å²) in [5.41, 5.74) is 2.69. The first kappa shape index (κ1) is 23.4. The summed E-state index contributed by atoms with van der Waals surface area (Å²) in [5.74, 6) is 0.942. The first-order chi connectivity index (χ1) is 17.1. The summed E-state index contributed by atoms with van der Waals surface area (Å²) in [4.78, 5) is 37.7. The lowest BCUT2D eigenvalue weighted by molar-refractivity contribution is -0.136. The van der Waals surface area contributed by atoms with Crippen LogP contribution < -0.4 is 10.6 Å². The molecule has 0 bridgehead atoms. The number of amides is 1. The zero-order chi connectivity index (χ0) is 24.2. The molecule has 0 aliphatic carbocycles. The number of ether oxygens (including phenoxy) is 2. The van der Waals surface area contributed by atoms with Gasteiger partial charge in [-0.25, -0.2) is 9.97 Å². The quantitative estimate of drug-likeness (QED) is 0.448.